The first-order chi connectivity index (χ1) is 9.25. The molecule has 1 unspecified atom stereocenters. The van der Waals surface area contributed by atoms with Crippen molar-refractivity contribution in [1.82, 2.24) is 10.2 Å². The van der Waals surface area contributed by atoms with Gasteiger partial charge in [0.1, 0.15) is 0 Å². The molecule has 19 heavy (non-hydrogen) atoms. The second-order valence-electron chi connectivity index (χ2n) is 6.13. The van der Waals surface area contributed by atoms with E-state index in [2.05, 4.69) is 54.4 Å². The summed E-state index contributed by atoms with van der Waals surface area (Å²) >= 11 is 0. The number of nitrogens with zero attached hydrogens (tertiary/aromatic N) is 1. The largest absolute Gasteiger partial charge is 0.315 e. The van der Waals surface area contributed by atoms with Crippen molar-refractivity contribution in [3.05, 3.63) is 35.9 Å². The Morgan fingerprint density at radius 1 is 1.21 bits per heavy atom. The molecular weight excluding hydrogens is 232 g/mol. The molecule has 0 saturated carbocycles. The van der Waals surface area contributed by atoms with Crippen LogP contribution in [0.15, 0.2) is 30.3 Å². The van der Waals surface area contributed by atoms with E-state index in [4.69, 9.17) is 0 Å². The fourth-order valence-corrected chi connectivity index (χ4v) is 2.79. The summed E-state index contributed by atoms with van der Waals surface area (Å²) in [6.07, 6.45) is 2.60. The van der Waals surface area contributed by atoms with Gasteiger partial charge in [-0.2, -0.15) is 0 Å². The summed E-state index contributed by atoms with van der Waals surface area (Å²) in [5.74, 6) is 1.55. The van der Waals surface area contributed by atoms with Crippen molar-refractivity contribution in [3.8, 4) is 0 Å². The Hall–Kier alpha value is -0.860. The standard InChI is InChI=1S/C17H28N2/c1-15(2)8-10-18-11-13-19-12-9-17(14-19)16-6-4-3-5-7-16/h3-7,15,17-18H,8-14H2,1-2H3. The Balaban J connectivity index is 1.63. The highest BCUT2D eigenvalue weighted by molar-refractivity contribution is 5.20. The average Bonchev–Trinajstić information content (AvgIpc) is 2.88. The van der Waals surface area contributed by atoms with E-state index in [-0.39, 0.29) is 0 Å². The Bertz CT molecular complexity index is 348. The normalized spacial score (nSPS) is 20.3. The molecule has 0 bridgehead atoms. The number of benzene rings is 1. The van der Waals surface area contributed by atoms with E-state index in [1.165, 1.54) is 38.0 Å². The highest BCUT2D eigenvalue weighted by atomic mass is 15.2. The van der Waals surface area contributed by atoms with Crippen LogP contribution in [0.1, 0.15) is 38.2 Å². The van der Waals surface area contributed by atoms with Crippen LogP contribution in [-0.2, 0) is 0 Å². The topological polar surface area (TPSA) is 15.3 Å². The Labute approximate surface area is 118 Å². The summed E-state index contributed by atoms with van der Waals surface area (Å²) in [6, 6.07) is 11.0. The highest BCUT2D eigenvalue weighted by Gasteiger charge is 2.22. The molecule has 1 atom stereocenters. The Morgan fingerprint density at radius 2 is 2.00 bits per heavy atom. The molecule has 0 aromatic heterocycles. The smallest absolute Gasteiger partial charge is 0.0107 e. The predicted octanol–water partition coefficient (Wildman–Crippen LogP) is 3.11. The molecule has 2 nitrogen and oxygen atoms in total. The van der Waals surface area contributed by atoms with Crippen molar-refractivity contribution in [2.45, 2.75) is 32.6 Å². The van der Waals surface area contributed by atoms with Crippen LogP contribution in [0.4, 0.5) is 0 Å². The zero-order valence-electron chi connectivity index (χ0n) is 12.4. The van der Waals surface area contributed by atoms with Crippen molar-refractivity contribution in [1.29, 1.82) is 0 Å². The Kier molecular flexibility index (Phi) is 5.87. The molecule has 2 rings (SSSR count). The summed E-state index contributed by atoms with van der Waals surface area (Å²) in [5, 5.41) is 3.56. The Morgan fingerprint density at radius 3 is 2.74 bits per heavy atom. The molecule has 0 amide bonds. The lowest BCUT2D eigenvalue weighted by Crippen LogP contribution is -2.31. The van der Waals surface area contributed by atoms with E-state index >= 15 is 0 Å². The van der Waals surface area contributed by atoms with Crippen LogP contribution < -0.4 is 5.32 Å². The van der Waals surface area contributed by atoms with Crippen molar-refractivity contribution in [2.24, 2.45) is 5.92 Å². The van der Waals surface area contributed by atoms with Gasteiger partial charge in [-0.1, -0.05) is 44.2 Å². The monoisotopic (exact) mass is 260 g/mol. The number of rotatable bonds is 7. The van der Waals surface area contributed by atoms with Crippen LogP contribution in [0, 0.1) is 5.92 Å². The van der Waals surface area contributed by atoms with Crippen molar-refractivity contribution in [3.63, 3.8) is 0 Å². The third-order valence-electron chi connectivity index (χ3n) is 4.05. The maximum Gasteiger partial charge on any atom is 0.0107 e. The van der Waals surface area contributed by atoms with Gasteiger partial charge in [0.15, 0.2) is 0 Å². The molecule has 106 valence electrons. The quantitative estimate of drug-likeness (QED) is 0.758. The average molecular weight is 260 g/mol. The third-order valence-corrected chi connectivity index (χ3v) is 4.05. The molecule has 0 aliphatic carbocycles. The van der Waals surface area contributed by atoms with Gasteiger partial charge in [0.25, 0.3) is 0 Å². The molecule has 1 aliphatic heterocycles. The predicted molar refractivity (Wildman–Crippen MR) is 82.6 cm³/mol. The fraction of sp³-hybridized carbons (Fsp3) is 0.647. The van der Waals surface area contributed by atoms with Gasteiger partial charge in [0, 0.05) is 19.6 Å². The molecule has 0 radical (unpaired) electrons. The van der Waals surface area contributed by atoms with Gasteiger partial charge in [-0.05, 0) is 43.3 Å². The van der Waals surface area contributed by atoms with Gasteiger partial charge < -0.3 is 10.2 Å². The van der Waals surface area contributed by atoms with Crippen molar-refractivity contribution < 1.29 is 0 Å². The molecule has 1 aliphatic rings. The van der Waals surface area contributed by atoms with E-state index < -0.39 is 0 Å². The lowest BCUT2D eigenvalue weighted by molar-refractivity contribution is 0.330. The van der Waals surface area contributed by atoms with E-state index in [0.717, 1.165) is 24.9 Å². The number of nitrogens with one attached hydrogen (secondary N) is 1. The zero-order chi connectivity index (χ0) is 13.5. The lowest BCUT2D eigenvalue weighted by Gasteiger charge is -2.16. The molecule has 0 spiro atoms. The van der Waals surface area contributed by atoms with E-state index in [0.29, 0.717) is 0 Å². The summed E-state index contributed by atoms with van der Waals surface area (Å²) in [7, 11) is 0. The second-order valence-corrected chi connectivity index (χ2v) is 6.13. The van der Waals surface area contributed by atoms with Crippen LogP contribution in [0.25, 0.3) is 0 Å². The summed E-state index contributed by atoms with van der Waals surface area (Å²) in [4.78, 5) is 2.60. The van der Waals surface area contributed by atoms with Gasteiger partial charge in [0.05, 0.1) is 0 Å². The van der Waals surface area contributed by atoms with E-state index in [1.54, 1.807) is 0 Å². The van der Waals surface area contributed by atoms with Gasteiger partial charge in [0.2, 0.25) is 0 Å². The van der Waals surface area contributed by atoms with Crippen LogP contribution >= 0.6 is 0 Å². The molecule has 1 heterocycles. The van der Waals surface area contributed by atoms with Gasteiger partial charge >= 0.3 is 0 Å². The number of likely N-dealkylation sites (tertiary alicyclic amines) is 1. The maximum absolute atomic E-state index is 3.56. The first-order valence-corrected chi connectivity index (χ1v) is 7.73. The molecular formula is C17H28N2. The summed E-state index contributed by atoms with van der Waals surface area (Å²) in [6.45, 7) is 10.5. The minimum atomic E-state index is 0.747. The van der Waals surface area contributed by atoms with Gasteiger partial charge in [-0.3, -0.25) is 0 Å². The van der Waals surface area contributed by atoms with Crippen LogP contribution in [0.2, 0.25) is 0 Å². The highest BCUT2D eigenvalue weighted by Crippen LogP contribution is 2.26. The molecule has 2 heteroatoms. The molecule has 1 aromatic rings. The van der Waals surface area contributed by atoms with E-state index in [1.807, 2.05) is 0 Å². The first-order valence-electron chi connectivity index (χ1n) is 7.73. The maximum atomic E-state index is 3.56. The molecule has 1 fully saturated rings. The van der Waals surface area contributed by atoms with Crippen LogP contribution in [0.3, 0.4) is 0 Å². The molecule has 1 N–H and O–H groups in total. The van der Waals surface area contributed by atoms with Crippen molar-refractivity contribution >= 4 is 0 Å². The second kappa shape index (κ2) is 7.66. The minimum absolute atomic E-state index is 0.747. The SMILES string of the molecule is CC(C)CCNCCN1CCC(c2ccccc2)C1. The van der Waals surface area contributed by atoms with Gasteiger partial charge in [-0.25, -0.2) is 0 Å². The zero-order valence-corrected chi connectivity index (χ0v) is 12.4. The lowest BCUT2D eigenvalue weighted by atomic mass is 9.99. The third kappa shape index (κ3) is 4.96. The number of hydrogen-bond acceptors (Lipinski definition) is 2. The van der Waals surface area contributed by atoms with Crippen molar-refractivity contribution in [2.75, 3.05) is 32.7 Å². The van der Waals surface area contributed by atoms with Crippen LogP contribution in [0.5, 0.6) is 0 Å². The van der Waals surface area contributed by atoms with Crippen LogP contribution in [-0.4, -0.2) is 37.6 Å². The number of hydrogen-bond donors (Lipinski definition) is 1. The van der Waals surface area contributed by atoms with Gasteiger partial charge in [-0.15, -0.1) is 0 Å². The summed E-state index contributed by atoms with van der Waals surface area (Å²) < 4.78 is 0. The summed E-state index contributed by atoms with van der Waals surface area (Å²) in [5.41, 5.74) is 1.51. The molecule has 1 aromatic carbocycles. The van der Waals surface area contributed by atoms with E-state index in [9.17, 15) is 0 Å². The minimum Gasteiger partial charge on any atom is -0.315 e. The first kappa shape index (κ1) is 14.5. The fourth-order valence-electron chi connectivity index (χ4n) is 2.79. The molecule has 1 saturated heterocycles.